The van der Waals surface area contributed by atoms with E-state index in [0.717, 1.165) is 19.6 Å². The number of benzene rings is 1. The summed E-state index contributed by atoms with van der Waals surface area (Å²) in [4.78, 5) is 26.1. The summed E-state index contributed by atoms with van der Waals surface area (Å²) < 4.78 is 5.57. The van der Waals surface area contributed by atoms with Crippen LogP contribution in [-0.2, 0) is 4.79 Å². The molecule has 0 aliphatic heterocycles. The van der Waals surface area contributed by atoms with Crippen molar-refractivity contribution in [3.05, 3.63) is 22.7 Å². The van der Waals surface area contributed by atoms with Crippen LogP contribution in [0, 0.1) is 0 Å². The average Bonchev–Trinajstić information content (AvgIpc) is 2.54. The van der Waals surface area contributed by atoms with Gasteiger partial charge in [-0.1, -0.05) is 25.4 Å². The van der Waals surface area contributed by atoms with Gasteiger partial charge in [-0.25, -0.2) is 0 Å². The molecular formula is C17H27Cl2N3O3. The van der Waals surface area contributed by atoms with E-state index in [1.165, 1.54) is 19.1 Å². The quantitative estimate of drug-likeness (QED) is 0.632. The van der Waals surface area contributed by atoms with Crippen molar-refractivity contribution >= 4 is 41.4 Å². The van der Waals surface area contributed by atoms with Gasteiger partial charge in [0.2, 0.25) is 0 Å². The summed E-state index contributed by atoms with van der Waals surface area (Å²) in [6.45, 7) is 10.3. The van der Waals surface area contributed by atoms with Gasteiger partial charge in [0.1, 0.15) is 5.75 Å². The van der Waals surface area contributed by atoms with Crippen molar-refractivity contribution in [2.75, 3.05) is 31.9 Å². The minimum absolute atomic E-state index is 0. The van der Waals surface area contributed by atoms with Crippen molar-refractivity contribution < 1.29 is 14.3 Å². The highest BCUT2D eigenvalue weighted by Gasteiger charge is 2.19. The minimum atomic E-state index is -0.673. The lowest BCUT2D eigenvalue weighted by molar-refractivity contribution is -0.122. The summed E-state index contributed by atoms with van der Waals surface area (Å²) in [6, 6.07) is 2.94. The molecule has 0 aromatic heterocycles. The van der Waals surface area contributed by atoms with Crippen molar-refractivity contribution in [3.8, 4) is 5.75 Å². The molecule has 1 unspecified atom stereocenters. The Labute approximate surface area is 160 Å². The predicted molar refractivity (Wildman–Crippen MR) is 104 cm³/mol. The van der Waals surface area contributed by atoms with Crippen LogP contribution in [0.5, 0.6) is 5.75 Å². The number of amides is 1. The number of rotatable bonds is 9. The van der Waals surface area contributed by atoms with Gasteiger partial charge in [-0.15, -0.1) is 12.4 Å². The third kappa shape index (κ3) is 7.10. The maximum atomic E-state index is 12.4. The number of halogens is 2. The van der Waals surface area contributed by atoms with Crippen LogP contribution in [0.1, 0.15) is 38.1 Å². The maximum absolute atomic E-state index is 12.4. The van der Waals surface area contributed by atoms with E-state index in [-0.39, 0.29) is 40.4 Å². The van der Waals surface area contributed by atoms with E-state index < -0.39 is 6.10 Å². The zero-order chi connectivity index (χ0) is 18.3. The molecule has 1 atom stereocenters. The van der Waals surface area contributed by atoms with Crippen LogP contribution >= 0.6 is 24.0 Å². The Balaban J connectivity index is 0.00000576. The Bertz CT molecular complexity index is 593. The normalized spacial score (nSPS) is 11.6. The van der Waals surface area contributed by atoms with Crippen LogP contribution in [0.2, 0.25) is 5.02 Å². The lowest BCUT2D eigenvalue weighted by Crippen LogP contribution is -2.35. The molecule has 0 spiro atoms. The van der Waals surface area contributed by atoms with Crippen LogP contribution in [0.15, 0.2) is 12.1 Å². The first-order valence-electron chi connectivity index (χ1n) is 8.06. The summed E-state index contributed by atoms with van der Waals surface area (Å²) in [7, 11) is 0. The van der Waals surface area contributed by atoms with E-state index in [0.29, 0.717) is 12.2 Å². The van der Waals surface area contributed by atoms with E-state index in [1.807, 2.05) is 0 Å². The van der Waals surface area contributed by atoms with E-state index >= 15 is 0 Å². The first-order chi connectivity index (χ1) is 11.3. The average molecular weight is 392 g/mol. The molecule has 0 saturated heterocycles. The number of likely N-dealkylation sites (N-methyl/N-ethyl adjacent to an activating group) is 1. The number of Topliss-reactive ketones (excluding diaryl/α,β-unsaturated/α-hetero) is 1. The van der Waals surface area contributed by atoms with Crippen LogP contribution < -0.4 is 15.8 Å². The van der Waals surface area contributed by atoms with Crippen LogP contribution in [0.3, 0.4) is 0 Å². The van der Waals surface area contributed by atoms with Gasteiger partial charge in [-0.2, -0.15) is 0 Å². The third-order valence-corrected chi connectivity index (χ3v) is 4.16. The number of hydrogen-bond acceptors (Lipinski definition) is 5. The van der Waals surface area contributed by atoms with Crippen LogP contribution in [0.25, 0.3) is 0 Å². The van der Waals surface area contributed by atoms with Gasteiger partial charge in [0.15, 0.2) is 11.9 Å². The number of ether oxygens (including phenoxy) is 1. The fourth-order valence-corrected chi connectivity index (χ4v) is 2.24. The Kier molecular flexibility index (Phi) is 10.5. The Hall–Kier alpha value is -1.50. The zero-order valence-electron chi connectivity index (χ0n) is 15.1. The van der Waals surface area contributed by atoms with Crippen molar-refractivity contribution in [3.63, 3.8) is 0 Å². The fourth-order valence-electron chi connectivity index (χ4n) is 2.08. The SMILES string of the molecule is CCN(CC)CCNC(=O)c1cc(Cl)c(N)cc1OC(C)C(C)=O.Cl. The fraction of sp³-hybridized carbons (Fsp3) is 0.529. The minimum Gasteiger partial charge on any atom is -0.482 e. The molecule has 8 heteroatoms. The molecule has 0 radical (unpaired) electrons. The summed E-state index contributed by atoms with van der Waals surface area (Å²) in [5, 5.41) is 3.11. The number of nitrogens with zero attached hydrogens (tertiary/aromatic N) is 1. The molecule has 1 aromatic carbocycles. The molecule has 1 amide bonds. The first kappa shape index (κ1) is 23.5. The summed E-state index contributed by atoms with van der Waals surface area (Å²) in [5.74, 6) is -0.203. The van der Waals surface area contributed by atoms with Gasteiger partial charge >= 0.3 is 0 Å². The molecule has 1 aromatic rings. The highest BCUT2D eigenvalue weighted by atomic mass is 35.5. The maximum Gasteiger partial charge on any atom is 0.255 e. The standard InChI is InChI=1S/C17H26ClN3O3.ClH/c1-5-21(6-2)8-7-20-17(23)13-9-14(18)15(19)10-16(13)24-12(4)11(3)22;/h9-10,12H,5-8,19H2,1-4H3,(H,20,23);1H. The van der Waals surface area contributed by atoms with Gasteiger partial charge in [-0.3, -0.25) is 9.59 Å². The second-order valence-corrected chi connectivity index (χ2v) is 5.93. The summed E-state index contributed by atoms with van der Waals surface area (Å²) in [6.07, 6.45) is -0.673. The van der Waals surface area contributed by atoms with E-state index in [1.54, 1.807) is 6.92 Å². The Morgan fingerprint density at radius 1 is 1.32 bits per heavy atom. The van der Waals surface area contributed by atoms with E-state index in [9.17, 15) is 9.59 Å². The van der Waals surface area contributed by atoms with Crippen molar-refractivity contribution in [2.24, 2.45) is 0 Å². The molecule has 3 N–H and O–H groups in total. The molecule has 0 aliphatic carbocycles. The Morgan fingerprint density at radius 2 is 1.92 bits per heavy atom. The monoisotopic (exact) mass is 391 g/mol. The molecular weight excluding hydrogens is 365 g/mol. The lowest BCUT2D eigenvalue weighted by Gasteiger charge is -2.19. The second kappa shape index (κ2) is 11.2. The number of nitrogens with two attached hydrogens (primary N) is 1. The van der Waals surface area contributed by atoms with Crippen molar-refractivity contribution in [1.82, 2.24) is 10.2 Å². The topological polar surface area (TPSA) is 84.7 Å². The van der Waals surface area contributed by atoms with Gasteiger partial charge in [0, 0.05) is 19.2 Å². The zero-order valence-corrected chi connectivity index (χ0v) is 16.7. The molecule has 0 heterocycles. The van der Waals surface area contributed by atoms with E-state index in [4.69, 9.17) is 22.1 Å². The van der Waals surface area contributed by atoms with Gasteiger partial charge in [-0.05, 0) is 33.0 Å². The molecule has 0 aliphatic rings. The van der Waals surface area contributed by atoms with Gasteiger partial charge in [0.05, 0.1) is 16.3 Å². The van der Waals surface area contributed by atoms with E-state index in [2.05, 4.69) is 24.1 Å². The van der Waals surface area contributed by atoms with Crippen LogP contribution in [0.4, 0.5) is 5.69 Å². The molecule has 142 valence electrons. The number of hydrogen-bond donors (Lipinski definition) is 2. The molecule has 6 nitrogen and oxygen atoms in total. The van der Waals surface area contributed by atoms with Crippen LogP contribution in [-0.4, -0.2) is 48.9 Å². The molecule has 0 saturated carbocycles. The molecule has 25 heavy (non-hydrogen) atoms. The predicted octanol–water partition coefficient (Wildman–Crippen LogP) is 2.77. The summed E-state index contributed by atoms with van der Waals surface area (Å²) >= 11 is 6.02. The molecule has 0 bridgehead atoms. The second-order valence-electron chi connectivity index (χ2n) is 5.52. The highest BCUT2D eigenvalue weighted by Crippen LogP contribution is 2.29. The van der Waals surface area contributed by atoms with Crippen molar-refractivity contribution in [2.45, 2.75) is 33.8 Å². The lowest BCUT2D eigenvalue weighted by atomic mass is 10.1. The third-order valence-electron chi connectivity index (χ3n) is 3.83. The number of anilines is 1. The molecule has 0 fully saturated rings. The van der Waals surface area contributed by atoms with Crippen molar-refractivity contribution in [1.29, 1.82) is 0 Å². The number of carbonyl (C=O) groups is 2. The number of nitrogens with one attached hydrogen (secondary N) is 1. The Morgan fingerprint density at radius 3 is 2.44 bits per heavy atom. The number of carbonyl (C=O) groups excluding carboxylic acids is 2. The first-order valence-corrected chi connectivity index (χ1v) is 8.44. The van der Waals surface area contributed by atoms with Gasteiger partial charge < -0.3 is 20.7 Å². The number of nitrogen functional groups attached to an aromatic ring is 1. The highest BCUT2D eigenvalue weighted by molar-refractivity contribution is 6.33. The largest absolute Gasteiger partial charge is 0.482 e. The number of ketones is 1. The summed E-state index contributed by atoms with van der Waals surface area (Å²) in [5.41, 5.74) is 6.34. The van der Waals surface area contributed by atoms with Gasteiger partial charge in [0.25, 0.3) is 5.91 Å². The smallest absolute Gasteiger partial charge is 0.255 e. The molecule has 1 rings (SSSR count).